The maximum absolute atomic E-state index is 12.2. The van der Waals surface area contributed by atoms with Gasteiger partial charge in [0.25, 0.3) is 5.91 Å². The van der Waals surface area contributed by atoms with Gasteiger partial charge in [0, 0.05) is 6.54 Å². The van der Waals surface area contributed by atoms with E-state index < -0.39 is 23.1 Å². The van der Waals surface area contributed by atoms with Crippen LogP contribution in [0, 0.1) is 0 Å². The van der Waals surface area contributed by atoms with Crippen LogP contribution in [0.3, 0.4) is 0 Å². The highest BCUT2D eigenvalue weighted by atomic mass is 35.5. The molecule has 0 aromatic carbocycles. The minimum absolute atomic E-state index is 0.189. The Morgan fingerprint density at radius 1 is 1.12 bits per heavy atom. The Labute approximate surface area is 91.9 Å². The SMILES string of the molecule is CCCNC(=O)C(Cl)(C(F)(F)F)C(F)(F)F. The van der Waals surface area contributed by atoms with E-state index in [0.717, 1.165) is 0 Å². The van der Waals surface area contributed by atoms with Gasteiger partial charge in [-0.2, -0.15) is 26.3 Å². The van der Waals surface area contributed by atoms with Gasteiger partial charge in [-0.15, -0.1) is 0 Å². The number of nitrogens with one attached hydrogen (secondary N) is 1. The maximum Gasteiger partial charge on any atom is 0.425 e. The van der Waals surface area contributed by atoms with Crippen molar-refractivity contribution in [2.45, 2.75) is 30.6 Å². The number of alkyl halides is 7. The van der Waals surface area contributed by atoms with E-state index in [0.29, 0.717) is 0 Å². The fraction of sp³-hybridized carbons (Fsp3) is 0.857. The van der Waals surface area contributed by atoms with Gasteiger partial charge in [-0.05, 0) is 6.42 Å². The third-order valence-electron chi connectivity index (χ3n) is 1.63. The Hall–Kier alpha value is -0.660. The molecule has 0 unspecified atom stereocenters. The molecule has 0 saturated heterocycles. The molecular weight excluding hydrogens is 264 g/mol. The molecule has 2 nitrogen and oxygen atoms in total. The van der Waals surface area contributed by atoms with Crippen molar-refractivity contribution in [3.05, 3.63) is 0 Å². The second-order valence-electron chi connectivity index (χ2n) is 2.91. The van der Waals surface area contributed by atoms with Gasteiger partial charge < -0.3 is 5.32 Å². The third kappa shape index (κ3) is 2.72. The summed E-state index contributed by atoms with van der Waals surface area (Å²) in [4.78, 5) is 5.94. The summed E-state index contributed by atoms with van der Waals surface area (Å²) in [5.41, 5.74) is 0. The maximum atomic E-state index is 12.2. The Bertz CT molecular complexity index is 247. The van der Waals surface area contributed by atoms with Gasteiger partial charge in [-0.25, -0.2) is 0 Å². The van der Waals surface area contributed by atoms with Gasteiger partial charge in [0.2, 0.25) is 0 Å². The summed E-state index contributed by atoms with van der Waals surface area (Å²) < 4.78 is 73.0. The van der Waals surface area contributed by atoms with E-state index in [2.05, 4.69) is 11.6 Å². The van der Waals surface area contributed by atoms with Crippen molar-refractivity contribution in [2.75, 3.05) is 6.54 Å². The molecule has 0 heterocycles. The molecule has 0 aromatic heterocycles. The zero-order valence-electron chi connectivity index (χ0n) is 7.97. The first kappa shape index (κ1) is 15.3. The lowest BCUT2D eigenvalue weighted by Crippen LogP contribution is -2.61. The van der Waals surface area contributed by atoms with E-state index in [9.17, 15) is 31.1 Å². The molecule has 16 heavy (non-hydrogen) atoms. The first-order valence-electron chi connectivity index (χ1n) is 4.09. The van der Waals surface area contributed by atoms with Crippen molar-refractivity contribution in [3.8, 4) is 0 Å². The quantitative estimate of drug-likeness (QED) is 0.620. The van der Waals surface area contributed by atoms with E-state index in [4.69, 9.17) is 0 Å². The lowest BCUT2D eigenvalue weighted by molar-refractivity contribution is -0.260. The largest absolute Gasteiger partial charge is 0.425 e. The summed E-state index contributed by atoms with van der Waals surface area (Å²) in [7, 11) is 0. The Balaban J connectivity index is 5.19. The van der Waals surface area contributed by atoms with E-state index in [1.165, 1.54) is 12.2 Å². The number of carbonyl (C=O) groups excluding carboxylic acids is 1. The van der Waals surface area contributed by atoms with Crippen molar-refractivity contribution >= 4 is 17.5 Å². The van der Waals surface area contributed by atoms with Crippen LogP contribution in [0.1, 0.15) is 13.3 Å². The molecule has 0 saturated carbocycles. The molecular formula is C7H8ClF6NO. The van der Waals surface area contributed by atoms with Crippen LogP contribution in [0.5, 0.6) is 0 Å². The van der Waals surface area contributed by atoms with E-state index in [1.54, 1.807) is 0 Å². The average molecular weight is 272 g/mol. The van der Waals surface area contributed by atoms with Crippen LogP contribution in [0.2, 0.25) is 0 Å². The Kier molecular flexibility index (Phi) is 4.49. The summed E-state index contributed by atoms with van der Waals surface area (Å²) >= 11 is 4.42. The normalized spacial score (nSPS) is 13.8. The number of halogens is 7. The lowest BCUT2D eigenvalue weighted by Gasteiger charge is -2.30. The van der Waals surface area contributed by atoms with Crippen molar-refractivity contribution in [1.29, 1.82) is 0 Å². The predicted octanol–water partition coefficient (Wildman–Crippen LogP) is 2.61. The van der Waals surface area contributed by atoms with Crippen molar-refractivity contribution in [3.63, 3.8) is 0 Å². The third-order valence-corrected chi connectivity index (χ3v) is 2.23. The van der Waals surface area contributed by atoms with E-state index in [-0.39, 0.29) is 13.0 Å². The summed E-state index contributed by atoms with van der Waals surface area (Å²) in [6.07, 6.45) is -11.6. The summed E-state index contributed by atoms with van der Waals surface area (Å²) in [5.74, 6) is -2.31. The molecule has 0 radical (unpaired) electrons. The standard InChI is InChI=1S/C7H8ClF6NO/c1-2-3-15-4(16)5(8,6(9,10)11)7(12,13)14/h2-3H2,1H3,(H,15,16). The predicted molar refractivity (Wildman–Crippen MR) is 44.0 cm³/mol. The highest BCUT2D eigenvalue weighted by Gasteiger charge is 2.75. The van der Waals surface area contributed by atoms with Gasteiger partial charge in [0.1, 0.15) is 0 Å². The van der Waals surface area contributed by atoms with E-state index >= 15 is 0 Å². The molecule has 0 rings (SSSR count). The summed E-state index contributed by atoms with van der Waals surface area (Å²) in [6.45, 7) is 1.15. The molecule has 9 heteroatoms. The monoisotopic (exact) mass is 271 g/mol. The molecule has 1 amide bonds. The average Bonchev–Trinajstić information content (AvgIpc) is 2.08. The Morgan fingerprint density at radius 2 is 1.50 bits per heavy atom. The van der Waals surface area contributed by atoms with Gasteiger partial charge in [0.05, 0.1) is 0 Å². The van der Waals surface area contributed by atoms with Crippen LogP contribution in [-0.4, -0.2) is 29.7 Å². The molecule has 96 valence electrons. The second kappa shape index (κ2) is 4.68. The van der Waals surface area contributed by atoms with Gasteiger partial charge in [-0.1, -0.05) is 18.5 Å². The minimum Gasteiger partial charge on any atom is -0.354 e. The highest BCUT2D eigenvalue weighted by Crippen LogP contribution is 2.48. The molecule has 0 aromatic rings. The zero-order chi connectivity index (χ0) is 13.2. The number of hydrogen-bond acceptors (Lipinski definition) is 1. The topological polar surface area (TPSA) is 29.1 Å². The number of rotatable bonds is 3. The Morgan fingerprint density at radius 3 is 1.75 bits per heavy atom. The van der Waals surface area contributed by atoms with Crippen LogP contribution in [0.25, 0.3) is 0 Å². The van der Waals surface area contributed by atoms with Crippen LogP contribution in [0.15, 0.2) is 0 Å². The van der Waals surface area contributed by atoms with Crippen molar-refractivity contribution in [1.82, 2.24) is 5.32 Å². The van der Waals surface area contributed by atoms with Crippen molar-refractivity contribution < 1.29 is 31.1 Å². The van der Waals surface area contributed by atoms with Gasteiger partial charge in [-0.3, -0.25) is 4.79 Å². The van der Waals surface area contributed by atoms with Gasteiger partial charge >= 0.3 is 17.2 Å². The van der Waals surface area contributed by atoms with Gasteiger partial charge in [0.15, 0.2) is 0 Å². The molecule has 0 aliphatic rings. The molecule has 0 aliphatic heterocycles. The van der Waals surface area contributed by atoms with Crippen LogP contribution < -0.4 is 5.32 Å². The van der Waals surface area contributed by atoms with E-state index in [1.807, 2.05) is 0 Å². The molecule has 0 fully saturated rings. The number of amides is 1. The van der Waals surface area contributed by atoms with Crippen LogP contribution in [-0.2, 0) is 4.79 Å². The van der Waals surface area contributed by atoms with Crippen molar-refractivity contribution in [2.24, 2.45) is 0 Å². The molecule has 0 bridgehead atoms. The van der Waals surface area contributed by atoms with Crippen LogP contribution in [0.4, 0.5) is 26.3 Å². The fourth-order valence-corrected chi connectivity index (χ4v) is 0.845. The summed E-state index contributed by atoms with van der Waals surface area (Å²) in [5, 5.41) is 1.48. The lowest BCUT2D eigenvalue weighted by atomic mass is 10.1. The zero-order valence-corrected chi connectivity index (χ0v) is 8.72. The van der Waals surface area contributed by atoms with Crippen LogP contribution >= 0.6 is 11.6 Å². The highest BCUT2D eigenvalue weighted by molar-refractivity contribution is 6.36. The molecule has 0 aliphatic carbocycles. The number of hydrogen-bond donors (Lipinski definition) is 1. The first-order valence-corrected chi connectivity index (χ1v) is 4.47. The minimum atomic E-state index is -5.91. The fourth-order valence-electron chi connectivity index (χ4n) is 0.779. The smallest absolute Gasteiger partial charge is 0.354 e. The molecule has 0 atom stereocenters. The second-order valence-corrected chi connectivity index (χ2v) is 3.48. The number of carbonyl (C=O) groups is 1. The molecule has 0 spiro atoms. The first-order chi connectivity index (χ1) is 6.98. The molecule has 1 N–H and O–H groups in total. The summed E-state index contributed by atoms with van der Waals surface area (Å²) in [6, 6.07) is 0.